The summed E-state index contributed by atoms with van der Waals surface area (Å²) < 4.78 is 5.19. The van der Waals surface area contributed by atoms with E-state index in [2.05, 4.69) is 10.5 Å². The van der Waals surface area contributed by atoms with Crippen LogP contribution < -0.4 is 5.32 Å². The molecule has 5 nitrogen and oxygen atoms in total. The maximum atomic E-state index is 12.2. The summed E-state index contributed by atoms with van der Waals surface area (Å²) in [7, 11) is 0. The van der Waals surface area contributed by atoms with Gasteiger partial charge in [0.25, 0.3) is 5.91 Å². The second-order valence-corrected chi connectivity index (χ2v) is 6.13. The first-order valence-electron chi connectivity index (χ1n) is 6.94. The molecule has 1 aromatic carbocycles. The van der Waals surface area contributed by atoms with E-state index in [1.165, 1.54) is 0 Å². The minimum Gasteiger partial charge on any atom is -0.393 e. The summed E-state index contributed by atoms with van der Waals surface area (Å²) in [6.07, 6.45) is 1.62. The number of hydrogen-bond acceptors (Lipinski definition) is 4. The van der Waals surface area contributed by atoms with Crippen LogP contribution in [-0.2, 0) is 0 Å². The fraction of sp³-hybridized carbons (Fsp3) is 0.333. The summed E-state index contributed by atoms with van der Waals surface area (Å²) in [5.41, 5.74) is 0.741. The zero-order valence-corrected chi connectivity index (χ0v) is 13.1. The van der Waals surface area contributed by atoms with E-state index in [-0.39, 0.29) is 22.9 Å². The van der Waals surface area contributed by atoms with Gasteiger partial charge in [0.1, 0.15) is 5.02 Å². The van der Waals surface area contributed by atoms with Crippen LogP contribution in [0.5, 0.6) is 0 Å². The standard InChI is InChI=1S/C15H14Cl2N2O3/c16-9-3-1-8(2-4-9)14-12(17)13(19-22-14)15(21)18-10-5-6-11(20)7-10/h1-4,10-11,20H,5-7H2,(H,18,21). The first kappa shape index (κ1) is 15.3. The van der Waals surface area contributed by atoms with E-state index < -0.39 is 5.91 Å². The maximum absolute atomic E-state index is 12.2. The lowest BCUT2D eigenvalue weighted by Gasteiger charge is -2.10. The van der Waals surface area contributed by atoms with Crippen LogP contribution >= 0.6 is 23.2 Å². The number of benzene rings is 1. The van der Waals surface area contributed by atoms with E-state index in [0.717, 1.165) is 6.42 Å². The fourth-order valence-corrected chi connectivity index (χ4v) is 2.93. The highest BCUT2D eigenvalue weighted by Crippen LogP contribution is 2.31. The van der Waals surface area contributed by atoms with Gasteiger partial charge < -0.3 is 14.9 Å². The van der Waals surface area contributed by atoms with Crippen molar-refractivity contribution in [2.75, 3.05) is 0 Å². The second kappa shape index (κ2) is 6.28. The van der Waals surface area contributed by atoms with Gasteiger partial charge in [0, 0.05) is 16.6 Å². The number of nitrogens with zero attached hydrogens (tertiary/aromatic N) is 1. The zero-order valence-electron chi connectivity index (χ0n) is 11.6. The van der Waals surface area contributed by atoms with Crippen molar-refractivity contribution in [2.24, 2.45) is 0 Å². The summed E-state index contributed by atoms with van der Waals surface area (Å²) in [5, 5.41) is 16.8. The number of amides is 1. The molecule has 2 aromatic rings. The molecule has 116 valence electrons. The number of halogens is 2. The normalized spacial score (nSPS) is 21.0. The van der Waals surface area contributed by atoms with E-state index >= 15 is 0 Å². The lowest BCUT2D eigenvalue weighted by atomic mass is 10.1. The van der Waals surface area contributed by atoms with Crippen LogP contribution in [0.1, 0.15) is 29.8 Å². The summed E-state index contributed by atoms with van der Waals surface area (Å²) >= 11 is 12.0. The van der Waals surface area contributed by atoms with Gasteiger partial charge in [-0.3, -0.25) is 4.79 Å². The number of carbonyl (C=O) groups excluding carboxylic acids is 1. The molecule has 7 heteroatoms. The number of aliphatic hydroxyl groups excluding tert-OH is 1. The number of carbonyl (C=O) groups is 1. The third-order valence-electron chi connectivity index (χ3n) is 3.70. The highest BCUT2D eigenvalue weighted by molar-refractivity contribution is 6.35. The van der Waals surface area contributed by atoms with Gasteiger partial charge in [-0.15, -0.1) is 0 Å². The molecule has 1 saturated carbocycles. The third kappa shape index (κ3) is 3.11. The molecule has 0 radical (unpaired) electrons. The van der Waals surface area contributed by atoms with Crippen molar-refractivity contribution in [3.8, 4) is 11.3 Å². The molecule has 1 aliphatic rings. The SMILES string of the molecule is O=C(NC1CCC(O)C1)c1noc(-c2ccc(Cl)cc2)c1Cl. The van der Waals surface area contributed by atoms with E-state index in [1.807, 2.05) is 0 Å². The highest BCUT2D eigenvalue weighted by atomic mass is 35.5. The molecule has 1 aliphatic carbocycles. The van der Waals surface area contributed by atoms with Gasteiger partial charge in [-0.25, -0.2) is 0 Å². The van der Waals surface area contributed by atoms with Crippen LogP contribution in [0.25, 0.3) is 11.3 Å². The molecule has 1 amide bonds. The van der Waals surface area contributed by atoms with E-state index in [1.54, 1.807) is 24.3 Å². The Bertz CT molecular complexity index is 685. The predicted octanol–water partition coefficient (Wildman–Crippen LogP) is 3.29. The molecule has 0 spiro atoms. The van der Waals surface area contributed by atoms with Crippen molar-refractivity contribution in [3.05, 3.63) is 40.0 Å². The van der Waals surface area contributed by atoms with E-state index in [9.17, 15) is 9.90 Å². The van der Waals surface area contributed by atoms with E-state index in [0.29, 0.717) is 29.2 Å². The smallest absolute Gasteiger partial charge is 0.275 e. The zero-order chi connectivity index (χ0) is 15.7. The quantitative estimate of drug-likeness (QED) is 0.898. The van der Waals surface area contributed by atoms with Gasteiger partial charge in [0.05, 0.1) is 6.10 Å². The van der Waals surface area contributed by atoms with Crippen molar-refractivity contribution in [1.29, 1.82) is 0 Å². The van der Waals surface area contributed by atoms with Crippen LogP contribution in [0.4, 0.5) is 0 Å². The monoisotopic (exact) mass is 340 g/mol. The van der Waals surface area contributed by atoms with Gasteiger partial charge in [-0.05, 0) is 43.5 Å². The van der Waals surface area contributed by atoms with Crippen LogP contribution in [0.3, 0.4) is 0 Å². The maximum Gasteiger partial charge on any atom is 0.275 e. The predicted molar refractivity (Wildman–Crippen MR) is 83.1 cm³/mol. The molecule has 2 atom stereocenters. The lowest BCUT2D eigenvalue weighted by Crippen LogP contribution is -2.33. The molecule has 2 unspecified atom stereocenters. The average molecular weight is 341 g/mol. The van der Waals surface area contributed by atoms with Gasteiger partial charge in [0.2, 0.25) is 0 Å². The van der Waals surface area contributed by atoms with Gasteiger partial charge in [0.15, 0.2) is 11.5 Å². The number of aromatic nitrogens is 1. The molecule has 3 rings (SSSR count). The molecule has 22 heavy (non-hydrogen) atoms. The first-order chi connectivity index (χ1) is 10.5. The highest BCUT2D eigenvalue weighted by Gasteiger charge is 2.27. The van der Waals surface area contributed by atoms with Crippen molar-refractivity contribution >= 4 is 29.1 Å². The Hall–Kier alpha value is -1.56. The Labute approximate surface area is 137 Å². The van der Waals surface area contributed by atoms with Crippen molar-refractivity contribution < 1.29 is 14.4 Å². The molecule has 0 saturated heterocycles. The fourth-order valence-electron chi connectivity index (χ4n) is 2.54. The molecular formula is C15H14Cl2N2O3. The second-order valence-electron chi connectivity index (χ2n) is 5.32. The minimum absolute atomic E-state index is 0.0491. The Morgan fingerprint density at radius 2 is 2.00 bits per heavy atom. The Kier molecular flexibility index (Phi) is 4.38. The largest absolute Gasteiger partial charge is 0.393 e. The Morgan fingerprint density at radius 3 is 2.64 bits per heavy atom. The molecular weight excluding hydrogens is 327 g/mol. The van der Waals surface area contributed by atoms with Crippen LogP contribution in [0, 0.1) is 0 Å². The van der Waals surface area contributed by atoms with Crippen molar-refractivity contribution in [3.63, 3.8) is 0 Å². The molecule has 1 fully saturated rings. The van der Waals surface area contributed by atoms with Crippen molar-refractivity contribution in [2.45, 2.75) is 31.4 Å². The van der Waals surface area contributed by atoms with E-state index in [4.69, 9.17) is 27.7 Å². The van der Waals surface area contributed by atoms with Gasteiger partial charge in [-0.2, -0.15) is 0 Å². The summed E-state index contributed by atoms with van der Waals surface area (Å²) in [5.74, 6) is -0.0667. The van der Waals surface area contributed by atoms with Crippen LogP contribution in [-0.4, -0.2) is 28.3 Å². The Balaban J connectivity index is 1.78. The summed E-state index contributed by atoms with van der Waals surface area (Å²) in [6, 6.07) is 6.83. The first-order valence-corrected chi connectivity index (χ1v) is 7.70. The van der Waals surface area contributed by atoms with Crippen LogP contribution in [0.2, 0.25) is 10.0 Å². The number of hydrogen-bond donors (Lipinski definition) is 2. The number of nitrogens with one attached hydrogen (secondary N) is 1. The molecule has 1 aromatic heterocycles. The third-order valence-corrected chi connectivity index (χ3v) is 4.30. The minimum atomic E-state index is -0.395. The van der Waals surface area contributed by atoms with Gasteiger partial charge >= 0.3 is 0 Å². The average Bonchev–Trinajstić information content (AvgIpc) is 3.06. The molecule has 0 aliphatic heterocycles. The van der Waals surface area contributed by atoms with Crippen molar-refractivity contribution in [1.82, 2.24) is 10.5 Å². The number of rotatable bonds is 3. The summed E-state index contributed by atoms with van der Waals surface area (Å²) in [4.78, 5) is 12.2. The van der Waals surface area contributed by atoms with Gasteiger partial charge in [-0.1, -0.05) is 28.4 Å². The lowest BCUT2D eigenvalue weighted by molar-refractivity contribution is 0.0925. The molecule has 1 heterocycles. The van der Waals surface area contributed by atoms with Crippen LogP contribution in [0.15, 0.2) is 28.8 Å². The number of aliphatic hydroxyl groups is 1. The molecule has 0 bridgehead atoms. The Morgan fingerprint density at radius 1 is 1.27 bits per heavy atom. The topological polar surface area (TPSA) is 75.4 Å². The summed E-state index contributed by atoms with van der Waals surface area (Å²) in [6.45, 7) is 0. The molecule has 2 N–H and O–H groups in total.